The average molecular weight is 362 g/mol. The highest BCUT2D eigenvalue weighted by atomic mass is 32.1. The molecule has 0 atom stereocenters. The van der Waals surface area contributed by atoms with Crippen molar-refractivity contribution in [3.8, 4) is 0 Å². The molecule has 0 bridgehead atoms. The fourth-order valence-corrected chi connectivity index (χ4v) is 2.70. The molecule has 0 aliphatic heterocycles. The number of nitrogens with zero attached hydrogens (tertiary/aromatic N) is 1. The van der Waals surface area contributed by atoms with E-state index in [9.17, 15) is 9.59 Å². The minimum atomic E-state index is -0.467. The van der Waals surface area contributed by atoms with Crippen LogP contribution in [-0.4, -0.2) is 30.6 Å². The largest absolute Gasteiger partial charge is 0.465 e. The summed E-state index contributed by atoms with van der Waals surface area (Å²) in [5.74, 6) is -0.254. The smallest absolute Gasteiger partial charge is 0.358 e. The van der Waals surface area contributed by atoms with Crippen LogP contribution >= 0.6 is 11.3 Å². The van der Waals surface area contributed by atoms with E-state index in [-0.39, 0.29) is 6.61 Å². The molecule has 1 aromatic heterocycles. The first-order valence-corrected chi connectivity index (χ1v) is 8.91. The van der Waals surface area contributed by atoms with Crippen LogP contribution in [0.15, 0.2) is 29.6 Å². The summed E-state index contributed by atoms with van der Waals surface area (Å²) in [5.41, 5.74) is 1.53. The van der Waals surface area contributed by atoms with Crippen molar-refractivity contribution >= 4 is 28.4 Å². The van der Waals surface area contributed by atoms with E-state index in [1.165, 1.54) is 18.4 Å². The Balaban J connectivity index is 1.84. The second kappa shape index (κ2) is 9.17. The van der Waals surface area contributed by atoms with E-state index in [0.29, 0.717) is 17.2 Å². The molecule has 25 heavy (non-hydrogen) atoms. The van der Waals surface area contributed by atoms with Crippen molar-refractivity contribution in [2.24, 2.45) is 5.92 Å². The molecule has 0 radical (unpaired) electrons. The van der Waals surface area contributed by atoms with Gasteiger partial charge in [-0.3, -0.25) is 0 Å². The predicted octanol–water partition coefficient (Wildman–Crippen LogP) is 3.74. The van der Waals surface area contributed by atoms with E-state index >= 15 is 0 Å². The third-order valence-corrected chi connectivity index (χ3v) is 4.26. The minimum absolute atomic E-state index is 0.119. The molecule has 6 nitrogen and oxygen atoms in total. The fourth-order valence-electron chi connectivity index (χ4n) is 1.99. The summed E-state index contributed by atoms with van der Waals surface area (Å²) in [5, 5.41) is 5.60. The highest BCUT2D eigenvalue weighted by molar-refractivity contribution is 7.13. The normalized spacial score (nSPS) is 10.6. The topological polar surface area (TPSA) is 77.5 Å². The molecule has 0 spiro atoms. The molecule has 2 rings (SSSR count). The second-order valence-electron chi connectivity index (χ2n) is 5.91. The van der Waals surface area contributed by atoms with Crippen molar-refractivity contribution in [1.82, 2.24) is 4.98 Å². The number of methoxy groups -OCH3 is 1. The van der Waals surface area contributed by atoms with E-state index in [2.05, 4.69) is 28.9 Å². The molecule has 2 aromatic rings. The molecule has 1 aromatic carbocycles. The average Bonchev–Trinajstić information content (AvgIpc) is 3.08. The molecule has 0 unspecified atom stereocenters. The Morgan fingerprint density at radius 1 is 1.20 bits per heavy atom. The van der Waals surface area contributed by atoms with Gasteiger partial charge in [0.25, 0.3) is 0 Å². The minimum Gasteiger partial charge on any atom is -0.465 e. The fraction of sp³-hybridized carbons (Fsp3) is 0.389. The number of ether oxygens (including phenoxy) is 2. The van der Waals surface area contributed by atoms with Gasteiger partial charge in [0.2, 0.25) is 0 Å². The summed E-state index contributed by atoms with van der Waals surface area (Å²) in [6.45, 7) is 5.26. The van der Waals surface area contributed by atoms with Crippen LogP contribution in [0.1, 0.15) is 46.7 Å². The van der Waals surface area contributed by atoms with E-state index in [1.54, 1.807) is 29.6 Å². The van der Waals surface area contributed by atoms with Gasteiger partial charge in [-0.2, -0.15) is 0 Å². The zero-order valence-electron chi connectivity index (χ0n) is 14.6. The summed E-state index contributed by atoms with van der Waals surface area (Å²) in [6, 6.07) is 6.71. The molecular weight excluding hydrogens is 340 g/mol. The Morgan fingerprint density at radius 3 is 2.56 bits per heavy atom. The molecular formula is C18H22N2O4S. The van der Waals surface area contributed by atoms with Gasteiger partial charge in [0.15, 0.2) is 10.8 Å². The van der Waals surface area contributed by atoms with Crippen molar-refractivity contribution in [3.05, 3.63) is 46.5 Å². The maximum absolute atomic E-state index is 12.1. The number of rotatable bonds is 8. The first-order valence-electron chi connectivity index (χ1n) is 8.03. The molecule has 0 saturated carbocycles. The lowest BCUT2D eigenvalue weighted by molar-refractivity contribution is 0.0465. The first kappa shape index (κ1) is 18.9. The summed E-state index contributed by atoms with van der Waals surface area (Å²) in [7, 11) is 1.33. The third kappa shape index (κ3) is 5.86. The number of esters is 2. The monoisotopic (exact) mass is 362 g/mol. The lowest BCUT2D eigenvalue weighted by atomic mass is 10.1. The van der Waals surface area contributed by atoms with Crippen molar-refractivity contribution in [2.45, 2.75) is 26.9 Å². The lowest BCUT2D eigenvalue weighted by Crippen LogP contribution is -2.08. The third-order valence-electron chi connectivity index (χ3n) is 3.46. The van der Waals surface area contributed by atoms with E-state index in [0.717, 1.165) is 23.7 Å². The number of carbonyl (C=O) groups is 2. The van der Waals surface area contributed by atoms with Crippen molar-refractivity contribution < 1.29 is 19.1 Å². The Morgan fingerprint density at radius 2 is 1.92 bits per heavy atom. The molecule has 0 aliphatic carbocycles. The van der Waals surface area contributed by atoms with Gasteiger partial charge >= 0.3 is 11.9 Å². The van der Waals surface area contributed by atoms with Gasteiger partial charge in [0.05, 0.1) is 12.7 Å². The standard InChI is InChI=1S/C18H22N2O4S/c1-12(2)8-9-19-18-20-15(11-25-18)17(22)24-10-13-4-6-14(7-5-13)16(21)23-3/h4-7,11-12H,8-10H2,1-3H3,(H,19,20). The van der Waals surface area contributed by atoms with E-state index < -0.39 is 11.9 Å². The van der Waals surface area contributed by atoms with Gasteiger partial charge in [0.1, 0.15) is 6.61 Å². The van der Waals surface area contributed by atoms with Crippen molar-refractivity contribution in [2.75, 3.05) is 19.0 Å². The molecule has 0 fully saturated rings. The molecule has 134 valence electrons. The van der Waals surface area contributed by atoms with Crippen molar-refractivity contribution in [3.63, 3.8) is 0 Å². The van der Waals surface area contributed by atoms with Crippen LogP contribution in [0.2, 0.25) is 0 Å². The molecule has 0 saturated heterocycles. The first-order chi connectivity index (χ1) is 12.0. The predicted molar refractivity (Wildman–Crippen MR) is 97.0 cm³/mol. The van der Waals surface area contributed by atoms with Crippen LogP contribution in [-0.2, 0) is 16.1 Å². The summed E-state index contributed by atoms with van der Waals surface area (Å²) in [6.07, 6.45) is 1.04. The van der Waals surface area contributed by atoms with Crippen LogP contribution in [0, 0.1) is 5.92 Å². The number of nitrogens with one attached hydrogen (secondary N) is 1. The lowest BCUT2D eigenvalue weighted by Gasteiger charge is -2.05. The number of anilines is 1. The highest BCUT2D eigenvalue weighted by Gasteiger charge is 2.13. The van der Waals surface area contributed by atoms with Gasteiger partial charge in [-0.15, -0.1) is 11.3 Å². The van der Waals surface area contributed by atoms with Crippen LogP contribution in [0.3, 0.4) is 0 Å². The molecule has 1 N–H and O–H groups in total. The number of hydrogen-bond acceptors (Lipinski definition) is 7. The maximum atomic E-state index is 12.1. The molecule has 1 heterocycles. The number of hydrogen-bond donors (Lipinski definition) is 1. The van der Waals surface area contributed by atoms with Crippen LogP contribution in [0.4, 0.5) is 5.13 Å². The highest BCUT2D eigenvalue weighted by Crippen LogP contribution is 2.17. The van der Waals surface area contributed by atoms with E-state index in [4.69, 9.17) is 4.74 Å². The number of benzene rings is 1. The SMILES string of the molecule is COC(=O)c1ccc(COC(=O)c2csc(NCCC(C)C)n2)cc1. The van der Waals surface area contributed by atoms with Gasteiger partial charge < -0.3 is 14.8 Å². The quantitative estimate of drug-likeness (QED) is 0.721. The summed E-state index contributed by atoms with van der Waals surface area (Å²) >= 11 is 1.38. The van der Waals surface area contributed by atoms with E-state index in [1.807, 2.05) is 0 Å². The van der Waals surface area contributed by atoms with Crippen LogP contribution < -0.4 is 5.32 Å². The van der Waals surface area contributed by atoms with Gasteiger partial charge in [0, 0.05) is 11.9 Å². The zero-order chi connectivity index (χ0) is 18.2. The number of thiazole rings is 1. The second-order valence-corrected chi connectivity index (χ2v) is 6.77. The van der Waals surface area contributed by atoms with Crippen LogP contribution in [0.5, 0.6) is 0 Å². The van der Waals surface area contributed by atoms with Crippen molar-refractivity contribution in [1.29, 1.82) is 0 Å². The molecule has 7 heteroatoms. The Kier molecular flexibility index (Phi) is 6.94. The summed E-state index contributed by atoms with van der Waals surface area (Å²) < 4.78 is 9.90. The van der Waals surface area contributed by atoms with Gasteiger partial charge in [-0.1, -0.05) is 26.0 Å². The number of carbonyl (C=O) groups excluding carboxylic acids is 2. The zero-order valence-corrected chi connectivity index (χ0v) is 15.4. The molecule has 0 aliphatic rings. The Labute approximate surface area is 151 Å². The van der Waals surface area contributed by atoms with Gasteiger partial charge in [-0.05, 0) is 30.0 Å². The summed E-state index contributed by atoms with van der Waals surface area (Å²) in [4.78, 5) is 27.7. The van der Waals surface area contributed by atoms with Gasteiger partial charge in [-0.25, -0.2) is 14.6 Å². The Bertz CT molecular complexity index is 710. The van der Waals surface area contributed by atoms with Crippen LogP contribution in [0.25, 0.3) is 0 Å². The molecule has 0 amide bonds. The number of aromatic nitrogens is 1. The maximum Gasteiger partial charge on any atom is 0.358 e. The Hall–Kier alpha value is -2.41.